The number of carbonyl (C=O) groups excluding carboxylic acids is 1. The van der Waals surface area contributed by atoms with Gasteiger partial charge in [-0.25, -0.2) is 4.68 Å². The van der Waals surface area contributed by atoms with E-state index in [0.717, 1.165) is 50.5 Å². The van der Waals surface area contributed by atoms with E-state index in [1.807, 2.05) is 34.0 Å². The zero-order valence-corrected chi connectivity index (χ0v) is 18.1. The first-order valence-corrected chi connectivity index (χ1v) is 9.55. The maximum Gasteiger partial charge on any atom is 0.276 e. The number of aromatic nitrogens is 3. The van der Waals surface area contributed by atoms with Crippen molar-refractivity contribution in [2.75, 3.05) is 51.3 Å². The summed E-state index contributed by atoms with van der Waals surface area (Å²) < 4.78 is 7.16. The number of carbonyl (C=O) groups is 1. The van der Waals surface area contributed by atoms with Gasteiger partial charge in [-0.1, -0.05) is 11.3 Å². The van der Waals surface area contributed by atoms with Crippen LogP contribution in [0, 0.1) is 0 Å². The van der Waals surface area contributed by atoms with E-state index in [0.29, 0.717) is 24.8 Å². The van der Waals surface area contributed by atoms with Gasteiger partial charge in [0.15, 0.2) is 5.69 Å². The number of methoxy groups -OCH3 is 1. The van der Waals surface area contributed by atoms with Crippen molar-refractivity contribution < 1.29 is 9.53 Å². The van der Waals surface area contributed by atoms with E-state index in [1.54, 1.807) is 7.11 Å². The predicted molar refractivity (Wildman–Crippen MR) is 117 cm³/mol. The van der Waals surface area contributed by atoms with Crippen LogP contribution < -0.4 is 15.0 Å². The van der Waals surface area contributed by atoms with Crippen molar-refractivity contribution in [2.45, 2.75) is 18.9 Å². The van der Waals surface area contributed by atoms with Gasteiger partial charge in [-0.05, 0) is 38.1 Å². The fourth-order valence-corrected chi connectivity index (χ4v) is 3.76. The Bertz CT molecular complexity index is 789. The van der Waals surface area contributed by atoms with E-state index in [1.165, 1.54) is 0 Å². The number of anilines is 1. The molecule has 2 aromatic rings. The molecule has 29 heavy (non-hydrogen) atoms. The Labute approximate surface area is 183 Å². The lowest BCUT2D eigenvalue weighted by Gasteiger charge is -2.35. The second-order valence-electron chi connectivity index (χ2n) is 7.05. The van der Waals surface area contributed by atoms with Crippen LogP contribution in [0.3, 0.4) is 0 Å². The maximum atomic E-state index is 12.8. The second kappa shape index (κ2) is 10.7. The molecule has 2 saturated heterocycles. The number of amides is 1. The zero-order valence-electron chi connectivity index (χ0n) is 16.5. The van der Waals surface area contributed by atoms with E-state index in [4.69, 9.17) is 4.74 Å². The van der Waals surface area contributed by atoms with Crippen LogP contribution in [-0.2, 0) is 0 Å². The standard InChI is InChI=1S/C19H26N6O2.2ClH/c1-27-17-4-2-3-16(13-17)23-9-11-24(12-10-23)19(26)18-14-25(22-21-18)15-5-7-20-8-6-15;;/h2-4,13-15,20H,5-12H2,1H3;2*1H. The number of halogens is 2. The Morgan fingerprint density at radius 2 is 1.86 bits per heavy atom. The van der Waals surface area contributed by atoms with Gasteiger partial charge >= 0.3 is 0 Å². The molecule has 1 amide bonds. The van der Waals surface area contributed by atoms with Crippen LogP contribution in [0.4, 0.5) is 5.69 Å². The van der Waals surface area contributed by atoms with Gasteiger partial charge in [0, 0.05) is 37.9 Å². The summed E-state index contributed by atoms with van der Waals surface area (Å²) in [5, 5.41) is 11.7. The van der Waals surface area contributed by atoms with Gasteiger partial charge in [0.1, 0.15) is 5.75 Å². The molecule has 2 aliphatic heterocycles. The predicted octanol–water partition coefficient (Wildman–Crippen LogP) is 2.02. The lowest BCUT2D eigenvalue weighted by atomic mass is 10.1. The molecule has 8 nitrogen and oxygen atoms in total. The quantitative estimate of drug-likeness (QED) is 0.780. The Kier molecular flexibility index (Phi) is 8.55. The van der Waals surface area contributed by atoms with Crippen molar-refractivity contribution >= 4 is 36.4 Å². The van der Waals surface area contributed by atoms with E-state index < -0.39 is 0 Å². The van der Waals surface area contributed by atoms with Crippen LogP contribution in [0.25, 0.3) is 0 Å². The van der Waals surface area contributed by atoms with Crippen LogP contribution in [0.2, 0.25) is 0 Å². The first kappa shape index (κ1) is 23.3. The minimum Gasteiger partial charge on any atom is -0.497 e. The van der Waals surface area contributed by atoms with Crippen LogP contribution in [0.15, 0.2) is 30.5 Å². The number of hydrogen-bond acceptors (Lipinski definition) is 6. The van der Waals surface area contributed by atoms with Crippen LogP contribution in [-0.4, -0.2) is 72.2 Å². The third kappa shape index (κ3) is 5.32. The fraction of sp³-hybridized carbons (Fsp3) is 0.526. The summed E-state index contributed by atoms with van der Waals surface area (Å²) in [7, 11) is 1.67. The molecular weight excluding hydrogens is 415 g/mol. The highest BCUT2D eigenvalue weighted by atomic mass is 35.5. The average molecular weight is 443 g/mol. The summed E-state index contributed by atoms with van der Waals surface area (Å²) in [5.41, 5.74) is 1.57. The lowest BCUT2D eigenvalue weighted by Crippen LogP contribution is -2.48. The van der Waals surface area contributed by atoms with E-state index in [9.17, 15) is 4.79 Å². The van der Waals surface area contributed by atoms with E-state index in [2.05, 4.69) is 26.6 Å². The molecule has 2 aliphatic rings. The molecular formula is C19H28Cl2N6O2. The molecule has 10 heteroatoms. The van der Waals surface area contributed by atoms with Gasteiger partial charge in [0.05, 0.1) is 19.3 Å². The van der Waals surface area contributed by atoms with Gasteiger partial charge in [-0.15, -0.1) is 29.9 Å². The highest BCUT2D eigenvalue weighted by molar-refractivity contribution is 5.92. The normalized spacial score (nSPS) is 17.3. The summed E-state index contributed by atoms with van der Waals surface area (Å²) in [6.07, 6.45) is 3.86. The molecule has 1 N–H and O–H groups in total. The number of rotatable bonds is 4. The highest BCUT2D eigenvalue weighted by Crippen LogP contribution is 2.23. The minimum absolute atomic E-state index is 0. The molecule has 0 saturated carbocycles. The van der Waals surface area contributed by atoms with Crippen molar-refractivity contribution in [1.82, 2.24) is 25.2 Å². The molecule has 2 fully saturated rings. The number of nitrogens with zero attached hydrogens (tertiary/aromatic N) is 5. The number of piperidine rings is 1. The first-order valence-electron chi connectivity index (χ1n) is 9.55. The van der Waals surface area contributed by atoms with Gasteiger partial charge < -0.3 is 19.9 Å². The number of piperazine rings is 1. The Morgan fingerprint density at radius 1 is 1.14 bits per heavy atom. The van der Waals surface area contributed by atoms with Crippen molar-refractivity contribution in [3.63, 3.8) is 0 Å². The third-order valence-corrected chi connectivity index (χ3v) is 5.40. The van der Waals surface area contributed by atoms with Crippen LogP contribution >= 0.6 is 24.8 Å². The Hall–Kier alpha value is -2.03. The highest BCUT2D eigenvalue weighted by Gasteiger charge is 2.25. The van der Waals surface area contributed by atoms with E-state index in [-0.39, 0.29) is 30.7 Å². The summed E-state index contributed by atoms with van der Waals surface area (Å²) >= 11 is 0. The monoisotopic (exact) mass is 442 g/mol. The molecule has 0 aliphatic carbocycles. The molecule has 0 bridgehead atoms. The summed E-state index contributed by atoms with van der Waals surface area (Å²) in [4.78, 5) is 16.9. The van der Waals surface area contributed by atoms with Crippen LogP contribution in [0.1, 0.15) is 29.4 Å². The van der Waals surface area contributed by atoms with Crippen LogP contribution in [0.5, 0.6) is 5.75 Å². The smallest absolute Gasteiger partial charge is 0.276 e. The zero-order chi connectivity index (χ0) is 18.6. The summed E-state index contributed by atoms with van der Waals surface area (Å²) in [5.74, 6) is 0.820. The van der Waals surface area contributed by atoms with Crippen molar-refractivity contribution in [3.8, 4) is 5.75 Å². The van der Waals surface area contributed by atoms with Crippen molar-refractivity contribution in [3.05, 3.63) is 36.2 Å². The molecule has 1 aromatic heterocycles. The van der Waals surface area contributed by atoms with Gasteiger partial charge in [-0.3, -0.25) is 4.79 Å². The lowest BCUT2D eigenvalue weighted by molar-refractivity contribution is 0.0740. The molecule has 0 radical (unpaired) electrons. The number of benzene rings is 1. The fourth-order valence-electron chi connectivity index (χ4n) is 3.76. The number of hydrogen-bond donors (Lipinski definition) is 1. The molecule has 0 atom stereocenters. The second-order valence-corrected chi connectivity index (χ2v) is 7.05. The molecule has 4 rings (SSSR count). The molecule has 3 heterocycles. The number of ether oxygens (including phenoxy) is 1. The Morgan fingerprint density at radius 3 is 2.55 bits per heavy atom. The number of nitrogens with one attached hydrogen (secondary N) is 1. The molecule has 0 spiro atoms. The van der Waals surface area contributed by atoms with Gasteiger partial charge in [-0.2, -0.15) is 0 Å². The van der Waals surface area contributed by atoms with Crippen molar-refractivity contribution in [1.29, 1.82) is 0 Å². The SMILES string of the molecule is COc1cccc(N2CCN(C(=O)c3cn(C4CCNCC4)nn3)CC2)c1.Cl.Cl. The largest absolute Gasteiger partial charge is 0.497 e. The minimum atomic E-state index is -0.0273. The first-order chi connectivity index (χ1) is 13.2. The summed E-state index contributed by atoms with van der Waals surface area (Å²) in [6.45, 7) is 4.91. The van der Waals surface area contributed by atoms with Gasteiger partial charge in [0.2, 0.25) is 0 Å². The van der Waals surface area contributed by atoms with Gasteiger partial charge in [0.25, 0.3) is 5.91 Å². The maximum absolute atomic E-state index is 12.8. The van der Waals surface area contributed by atoms with Crippen molar-refractivity contribution in [2.24, 2.45) is 0 Å². The molecule has 160 valence electrons. The third-order valence-electron chi connectivity index (χ3n) is 5.40. The molecule has 1 aromatic carbocycles. The summed E-state index contributed by atoms with van der Waals surface area (Å²) in [6, 6.07) is 8.37. The average Bonchev–Trinajstić information content (AvgIpc) is 3.24. The molecule has 0 unspecified atom stereocenters. The topological polar surface area (TPSA) is 75.5 Å². The Balaban J connectivity index is 0.00000150. The van der Waals surface area contributed by atoms with E-state index >= 15 is 0 Å².